The van der Waals surface area contributed by atoms with Gasteiger partial charge in [0.05, 0.1) is 22.6 Å². The first-order valence-electron chi connectivity index (χ1n) is 8.60. The number of oxime groups is 1. The molecule has 28 heavy (non-hydrogen) atoms. The summed E-state index contributed by atoms with van der Waals surface area (Å²) in [7, 11) is 0. The van der Waals surface area contributed by atoms with Crippen LogP contribution in [-0.4, -0.2) is 22.7 Å². The number of nitrogens with zero attached hydrogens (tertiary/aromatic N) is 3. The smallest absolute Gasteiger partial charge is 0.351 e. The molecule has 0 fully saturated rings. The summed E-state index contributed by atoms with van der Waals surface area (Å²) in [5, 5.41) is 4.11. The molecule has 0 atom stereocenters. The van der Waals surface area contributed by atoms with Gasteiger partial charge >= 0.3 is 12.0 Å². The monoisotopic (exact) mass is 372 g/mol. The lowest BCUT2D eigenvalue weighted by Crippen LogP contribution is -2.32. The van der Waals surface area contributed by atoms with E-state index in [2.05, 4.69) is 10.1 Å². The van der Waals surface area contributed by atoms with Crippen LogP contribution in [0.3, 0.4) is 0 Å². The van der Waals surface area contributed by atoms with Crippen molar-refractivity contribution in [2.75, 3.05) is 4.90 Å². The molecule has 0 unspecified atom stereocenters. The second-order valence-electron chi connectivity index (χ2n) is 6.15. The molecule has 0 radical (unpaired) electrons. The summed E-state index contributed by atoms with van der Waals surface area (Å²) >= 11 is 0. The van der Waals surface area contributed by atoms with E-state index in [9.17, 15) is 9.59 Å². The van der Waals surface area contributed by atoms with Gasteiger partial charge in [-0.15, -0.1) is 0 Å². The zero-order valence-electron chi connectivity index (χ0n) is 14.8. The van der Waals surface area contributed by atoms with Crippen molar-refractivity contribution in [3.05, 3.63) is 89.7 Å². The van der Waals surface area contributed by atoms with Gasteiger partial charge in [-0.1, -0.05) is 41.6 Å². The van der Waals surface area contributed by atoms with Crippen molar-refractivity contribution in [3.8, 4) is 0 Å². The van der Waals surface area contributed by atoms with Crippen LogP contribution in [0.15, 0.2) is 78.2 Å². The van der Waals surface area contributed by atoms with E-state index in [4.69, 9.17) is 10.6 Å². The molecule has 138 valence electrons. The second-order valence-corrected chi connectivity index (χ2v) is 6.15. The highest BCUT2D eigenvalue weighted by Crippen LogP contribution is 2.36. The Balaban J connectivity index is 1.79. The summed E-state index contributed by atoms with van der Waals surface area (Å²) in [5.41, 5.74) is 9.24. The molecule has 1 aliphatic heterocycles. The van der Waals surface area contributed by atoms with Gasteiger partial charge < -0.3 is 10.6 Å². The molecule has 0 saturated heterocycles. The molecule has 0 saturated carbocycles. The summed E-state index contributed by atoms with van der Waals surface area (Å²) in [6.07, 6.45) is 3.35. The maximum Gasteiger partial charge on any atom is 0.367 e. The number of urea groups is 1. The molecular formula is C21H16N4O3. The van der Waals surface area contributed by atoms with Gasteiger partial charge in [0.1, 0.15) is 0 Å². The van der Waals surface area contributed by atoms with Crippen LogP contribution in [0.25, 0.3) is 0 Å². The molecule has 1 aliphatic rings. The number of hydrogen-bond donors (Lipinski definition) is 1. The standard InChI is InChI=1S/C21H16N4O3/c22-21(27)25-18-9-3-1-6-14(18)12-17(16-8-2-4-10-19(16)25)24-28-20(26)15-7-5-11-23-13-15/h1-11,13H,12H2,(H2,22,27)/b24-17-. The van der Waals surface area contributed by atoms with Gasteiger partial charge in [0.15, 0.2) is 0 Å². The molecule has 2 amide bonds. The zero-order chi connectivity index (χ0) is 19.5. The molecule has 2 aromatic carbocycles. The molecule has 7 heteroatoms. The van der Waals surface area contributed by atoms with Crippen molar-refractivity contribution in [2.24, 2.45) is 10.9 Å². The maximum atomic E-state index is 12.2. The van der Waals surface area contributed by atoms with Crippen LogP contribution < -0.4 is 10.6 Å². The van der Waals surface area contributed by atoms with E-state index >= 15 is 0 Å². The second kappa shape index (κ2) is 7.32. The number of nitrogens with two attached hydrogens (primary N) is 1. The predicted molar refractivity (Wildman–Crippen MR) is 104 cm³/mol. The summed E-state index contributed by atoms with van der Waals surface area (Å²) in [6, 6.07) is 17.3. The normalized spacial score (nSPS) is 14.0. The predicted octanol–water partition coefficient (Wildman–Crippen LogP) is 3.42. The van der Waals surface area contributed by atoms with E-state index in [1.807, 2.05) is 42.5 Å². The van der Waals surface area contributed by atoms with Crippen molar-refractivity contribution in [1.29, 1.82) is 0 Å². The van der Waals surface area contributed by atoms with Crippen molar-refractivity contribution in [1.82, 2.24) is 4.98 Å². The van der Waals surface area contributed by atoms with E-state index < -0.39 is 12.0 Å². The average molecular weight is 372 g/mol. The fourth-order valence-electron chi connectivity index (χ4n) is 3.15. The first-order valence-corrected chi connectivity index (χ1v) is 8.60. The Morgan fingerprint density at radius 3 is 2.50 bits per heavy atom. The van der Waals surface area contributed by atoms with Crippen LogP contribution in [0, 0.1) is 0 Å². The number of para-hydroxylation sites is 2. The molecular weight excluding hydrogens is 356 g/mol. The van der Waals surface area contributed by atoms with Gasteiger partial charge in [-0.3, -0.25) is 9.88 Å². The van der Waals surface area contributed by atoms with E-state index in [0.29, 0.717) is 34.6 Å². The number of primary amides is 1. The lowest BCUT2D eigenvalue weighted by molar-refractivity contribution is 0.0515. The molecule has 3 aromatic rings. The fourth-order valence-corrected chi connectivity index (χ4v) is 3.15. The number of carbonyl (C=O) groups excluding carboxylic acids is 2. The topological polar surface area (TPSA) is 97.9 Å². The van der Waals surface area contributed by atoms with Crippen LogP contribution in [-0.2, 0) is 11.3 Å². The Labute approximate surface area is 161 Å². The van der Waals surface area contributed by atoms with Crippen molar-refractivity contribution in [3.63, 3.8) is 0 Å². The highest BCUT2D eigenvalue weighted by atomic mass is 16.7. The minimum Gasteiger partial charge on any atom is -0.351 e. The number of carbonyl (C=O) groups is 2. The minimum absolute atomic E-state index is 0.299. The number of rotatable bonds is 2. The Bertz CT molecular complexity index is 1080. The van der Waals surface area contributed by atoms with E-state index in [1.54, 1.807) is 24.4 Å². The number of benzene rings is 2. The van der Waals surface area contributed by atoms with E-state index in [-0.39, 0.29) is 0 Å². The number of pyridine rings is 1. The number of amides is 2. The Kier molecular flexibility index (Phi) is 4.55. The third-order valence-electron chi connectivity index (χ3n) is 4.40. The third kappa shape index (κ3) is 3.21. The Morgan fingerprint density at radius 2 is 1.75 bits per heavy atom. The first-order chi connectivity index (χ1) is 13.6. The van der Waals surface area contributed by atoms with Crippen molar-refractivity contribution in [2.45, 2.75) is 6.42 Å². The summed E-state index contributed by atoms with van der Waals surface area (Å²) < 4.78 is 0. The molecule has 2 heterocycles. The lowest BCUT2D eigenvalue weighted by atomic mass is 10.0. The van der Waals surface area contributed by atoms with Crippen LogP contribution in [0.4, 0.5) is 16.2 Å². The van der Waals surface area contributed by atoms with E-state index in [0.717, 1.165) is 5.56 Å². The molecule has 0 bridgehead atoms. The maximum absolute atomic E-state index is 12.2. The fraction of sp³-hybridized carbons (Fsp3) is 0.0476. The van der Waals surface area contributed by atoms with Gasteiger partial charge in [0.2, 0.25) is 0 Å². The Morgan fingerprint density at radius 1 is 1.00 bits per heavy atom. The quantitative estimate of drug-likeness (QED) is 0.550. The van der Waals surface area contributed by atoms with Crippen LogP contribution in [0.5, 0.6) is 0 Å². The number of fused-ring (bicyclic) bond motifs is 2. The SMILES string of the molecule is NC(=O)N1c2ccccc2C/C(=N/OC(=O)c2cccnc2)c2ccccc21. The summed E-state index contributed by atoms with van der Waals surface area (Å²) in [5.74, 6) is -0.609. The third-order valence-corrected chi connectivity index (χ3v) is 4.40. The Hall–Kier alpha value is -4.00. The number of anilines is 2. The molecule has 7 nitrogen and oxygen atoms in total. The van der Waals surface area contributed by atoms with Gasteiger partial charge in [-0.2, -0.15) is 0 Å². The molecule has 1 aromatic heterocycles. The van der Waals surface area contributed by atoms with Gasteiger partial charge in [-0.25, -0.2) is 9.59 Å². The van der Waals surface area contributed by atoms with Crippen molar-refractivity contribution >= 4 is 29.1 Å². The highest BCUT2D eigenvalue weighted by molar-refractivity contribution is 6.13. The average Bonchev–Trinajstić information content (AvgIpc) is 2.87. The van der Waals surface area contributed by atoms with Gasteiger partial charge in [-0.05, 0) is 29.8 Å². The van der Waals surface area contributed by atoms with Crippen LogP contribution in [0.1, 0.15) is 21.5 Å². The van der Waals surface area contributed by atoms with Gasteiger partial charge in [0, 0.05) is 24.4 Å². The minimum atomic E-state index is -0.609. The molecule has 0 spiro atoms. The zero-order valence-corrected chi connectivity index (χ0v) is 14.8. The number of aromatic nitrogens is 1. The van der Waals surface area contributed by atoms with Gasteiger partial charge in [0.25, 0.3) is 0 Å². The molecule has 2 N–H and O–H groups in total. The van der Waals surface area contributed by atoms with Crippen molar-refractivity contribution < 1.29 is 14.4 Å². The summed E-state index contributed by atoms with van der Waals surface area (Å²) in [6.45, 7) is 0. The van der Waals surface area contributed by atoms with Crippen LogP contribution >= 0.6 is 0 Å². The van der Waals surface area contributed by atoms with E-state index in [1.165, 1.54) is 11.1 Å². The molecule has 0 aliphatic carbocycles. The summed E-state index contributed by atoms with van der Waals surface area (Å²) in [4.78, 5) is 35.0. The molecule has 4 rings (SSSR count). The largest absolute Gasteiger partial charge is 0.367 e. The number of hydrogen-bond acceptors (Lipinski definition) is 5. The highest BCUT2D eigenvalue weighted by Gasteiger charge is 2.27. The first kappa shape index (κ1) is 17.4. The van der Waals surface area contributed by atoms with Crippen LogP contribution in [0.2, 0.25) is 0 Å². The lowest BCUT2D eigenvalue weighted by Gasteiger charge is -2.22.